The van der Waals surface area contributed by atoms with E-state index >= 15 is 0 Å². The van der Waals surface area contributed by atoms with Crippen LogP contribution in [0.4, 0.5) is 176 Å². The third-order valence-corrected chi connectivity index (χ3v) is 12.2. The normalized spacial score (nSPS) is 17.7. The highest BCUT2D eigenvalue weighted by atomic mass is 32.2. The molecule has 0 aliphatic heterocycles. The molecule has 478 valence electrons. The van der Waals surface area contributed by atoms with Gasteiger partial charge in [0.15, 0.2) is 0 Å². The Bertz CT molecular complexity index is 2330. The van der Waals surface area contributed by atoms with Crippen molar-refractivity contribution in [2.75, 3.05) is 0 Å². The van der Waals surface area contributed by atoms with Gasteiger partial charge < -0.3 is 9.47 Å². The van der Waals surface area contributed by atoms with E-state index in [-0.39, 0.29) is 0 Å². The van der Waals surface area contributed by atoms with Crippen LogP contribution in [-0.4, -0.2) is 147 Å². The van der Waals surface area contributed by atoms with Gasteiger partial charge in [0.2, 0.25) is 0 Å². The molecule has 0 aromatic rings. The molecule has 0 bridgehead atoms. The lowest BCUT2D eigenvalue weighted by Gasteiger charge is -2.42. The minimum atomic E-state index is -9.49. The first-order chi connectivity index (χ1) is 33.9. The van der Waals surface area contributed by atoms with Crippen LogP contribution in [0.5, 0.6) is 0 Å². The zero-order chi connectivity index (χ0) is 65.8. The van der Waals surface area contributed by atoms with Crippen LogP contribution in [0.3, 0.4) is 0 Å². The number of unbranched alkanes of at least 4 members (excludes halogenated alkanes) is 1. The molecular weight excluding hydrogens is 1320 g/mol. The fourth-order valence-electron chi connectivity index (χ4n) is 4.48. The Balaban J connectivity index is 6.37. The summed E-state index contributed by atoms with van der Waals surface area (Å²) in [5, 5.41) is -17.6. The first-order valence-corrected chi connectivity index (χ1v) is 20.9. The quantitative estimate of drug-likeness (QED) is 0.0358. The van der Waals surface area contributed by atoms with Crippen molar-refractivity contribution in [3.8, 4) is 0 Å². The van der Waals surface area contributed by atoms with Crippen LogP contribution in [0.2, 0.25) is 0 Å². The van der Waals surface area contributed by atoms with Crippen molar-refractivity contribution in [2.24, 2.45) is 0 Å². The highest BCUT2D eigenvalue weighted by Crippen LogP contribution is 2.67. The fourth-order valence-corrected chi connectivity index (χ4v) is 6.71. The van der Waals surface area contributed by atoms with E-state index in [1.807, 2.05) is 0 Å². The van der Waals surface area contributed by atoms with Gasteiger partial charge in [-0.15, -0.1) is 9.44 Å². The Kier molecular flexibility index (Phi) is 19.3. The summed E-state index contributed by atoms with van der Waals surface area (Å²) in [5.74, 6) is -128. The Labute approximate surface area is 410 Å². The van der Waals surface area contributed by atoms with Crippen LogP contribution in [-0.2, 0) is 39.1 Å². The summed E-state index contributed by atoms with van der Waals surface area (Å²) in [7, 11) is -18.1. The molecule has 0 aromatic heterocycles. The molecule has 0 radical (unpaired) electrons. The van der Waals surface area contributed by atoms with Crippen molar-refractivity contribution in [3.63, 3.8) is 0 Å². The molecule has 80 heavy (non-hydrogen) atoms. The van der Waals surface area contributed by atoms with E-state index < -0.39 is 199 Å². The summed E-state index contributed by atoms with van der Waals surface area (Å²) in [4.78, 5) is 23.6. The van der Waals surface area contributed by atoms with E-state index in [0.717, 1.165) is 0 Å². The maximum atomic E-state index is 14.6. The lowest BCUT2D eigenvalue weighted by atomic mass is 9.91. The number of rotatable bonds is 27. The van der Waals surface area contributed by atoms with Crippen LogP contribution >= 0.6 is 0 Å². The van der Waals surface area contributed by atoms with Crippen molar-refractivity contribution in [1.82, 2.24) is 9.44 Å². The van der Waals surface area contributed by atoms with E-state index in [0.29, 0.717) is 0 Å². The zero-order valence-electron chi connectivity index (χ0n) is 36.0. The van der Waals surface area contributed by atoms with Crippen molar-refractivity contribution < 1.29 is 212 Å². The molecule has 0 aromatic carbocycles. The van der Waals surface area contributed by atoms with Crippen molar-refractivity contribution >= 4 is 32.0 Å². The molecule has 0 heterocycles. The number of ether oxygens (including phenoxy) is 2. The summed E-state index contributed by atoms with van der Waals surface area (Å²) >= 11 is 0. The lowest BCUT2D eigenvalue weighted by molar-refractivity contribution is -0.458. The van der Waals surface area contributed by atoms with Gasteiger partial charge in [-0.1, -0.05) is 0 Å². The number of esters is 2. The molecule has 2 atom stereocenters. The van der Waals surface area contributed by atoms with Gasteiger partial charge in [-0.2, -0.15) is 176 Å². The molecule has 2 unspecified atom stereocenters. The number of carbonyl (C=O) groups is 2. The second-order valence-electron chi connectivity index (χ2n) is 15.3. The average molecular weight is 1330 g/mol. The van der Waals surface area contributed by atoms with Crippen LogP contribution in [0.1, 0.15) is 39.5 Å². The summed E-state index contributed by atoms with van der Waals surface area (Å²) in [5.41, 5.74) is 0. The van der Waals surface area contributed by atoms with Gasteiger partial charge in [0, 0.05) is 26.7 Å². The van der Waals surface area contributed by atoms with Gasteiger partial charge in [0.1, 0.15) is 0 Å². The molecule has 52 heteroatoms. The highest BCUT2D eigenvalue weighted by molar-refractivity contribution is 7.91. The van der Waals surface area contributed by atoms with Crippen LogP contribution in [0.15, 0.2) is 0 Å². The summed E-state index contributed by atoms with van der Waals surface area (Å²) in [6.07, 6.45) is -23.5. The van der Waals surface area contributed by atoms with Gasteiger partial charge in [0.05, 0.1) is 0 Å². The molecule has 0 aliphatic carbocycles. The second-order valence-corrected chi connectivity index (χ2v) is 18.7. The topological polar surface area (TPSA) is 145 Å². The van der Waals surface area contributed by atoms with E-state index in [2.05, 4.69) is 9.47 Å². The summed E-state index contributed by atoms with van der Waals surface area (Å²) < 4.78 is 594. The maximum absolute atomic E-state index is 14.6. The van der Waals surface area contributed by atoms with Gasteiger partial charge in [0.25, 0.3) is 20.0 Å². The van der Waals surface area contributed by atoms with Crippen molar-refractivity contribution in [2.45, 2.75) is 157 Å². The molecule has 0 aliphatic rings. The van der Waals surface area contributed by atoms with Crippen LogP contribution < -0.4 is 9.44 Å². The number of carbonyl (C=O) groups excluding carboxylic acids is 2. The predicted octanol–water partition coefficient (Wildman–Crippen LogP) is 12.0. The average Bonchev–Trinajstić information content (AvgIpc) is 3.19. The molecule has 0 rings (SSSR count). The SMILES string of the molecule is CC(F)(OC(=O)CCCCC(=O)OC(C)(F)C(F)(F)NS(=O)(=O)C(F)(F)C(F)(F)C(F)(F)C(F)(F)C(F)(F)C(F)(F)C(F)(F)C(F)(F)F)C(F)(F)NS(=O)(=O)C(F)(F)C(F)(F)C(F)(F)C(F)(F)C(F)(F)C(F)(F)C(F)(F)C(F)(F)F. The zero-order valence-corrected chi connectivity index (χ0v) is 37.7. The maximum Gasteiger partial charge on any atom is 0.460 e. The Morgan fingerprint density at radius 2 is 0.463 bits per heavy atom. The van der Waals surface area contributed by atoms with Gasteiger partial charge in [-0.25, -0.2) is 16.8 Å². The molecule has 0 spiro atoms. The molecule has 0 amide bonds. The van der Waals surface area contributed by atoms with Crippen LogP contribution in [0, 0.1) is 0 Å². The largest absolute Gasteiger partial charge is 0.460 e. The Morgan fingerprint density at radius 3 is 0.637 bits per heavy atom. The third-order valence-electron chi connectivity index (χ3n) is 9.33. The van der Waals surface area contributed by atoms with E-state index in [9.17, 15) is 202 Å². The van der Waals surface area contributed by atoms with Gasteiger partial charge in [-0.3, -0.25) is 9.59 Å². The smallest absolute Gasteiger partial charge is 0.421 e. The van der Waals surface area contributed by atoms with Gasteiger partial charge >= 0.3 is 130 Å². The predicted molar refractivity (Wildman–Crippen MR) is 165 cm³/mol. The standard InChI is InChI=1S/C28H16F40N2O8S2/c1-9(29,25(61,62)69-79(73,74)27(65,66)21(51,52)17(43,44)13(35,36)11(31,32)15(39,40)19(47,48)23(55,56)57)77-7(71)5-3-4-6-8(72)78-10(2,30)26(63,64)70-80(75,76)28(67,68)22(53,54)18(45,46)14(37,38)12(33,34)16(41,42)20(49,50)24(58,59)60/h69-70H,3-6H2,1-2H3. The first kappa shape index (κ1) is 76.0. The van der Waals surface area contributed by atoms with E-state index in [4.69, 9.17) is 0 Å². The summed E-state index contributed by atoms with van der Waals surface area (Å²) in [6.45, 7) is -2.26. The number of hydrogen-bond donors (Lipinski definition) is 2. The number of sulfonamides is 2. The summed E-state index contributed by atoms with van der Waals surface area (Å²) in [6, 6.07) is -14.0. The Hall–Kier alpha value is -4.04. The lowest BCUT2D eigenvalue weighted by Crippen LogP contribution is -2.75. The Morgan fingerprint density at radius 1 is 0.300 bits per heavy atom. The van der Waals surface area contributed by atoms with E-state index in [1.54, 1.807) is 0 Å². The number of nitrogens with one attached hydrogen (secondary N) is 2. The molecule has 0 fully saturated rings. The molecular formula is C28H16F40N2O8S2. The van der Waals surface area contributed by atoms with Crippen molar-refractivity contribution in [1.29, 1.82) is 0 Å². The first-order valence-electron chi connectivity index (χ1n) is 18.0. The number of hydrogen-bond acceptors (Lipinski definition) is 8. The fraction of sp³-hybridized carbons (Fsp3) is 0.929. The molecule has 0 saturated heterocycles. The minimum Gasteiger partial charge on any atom is -0.421 e. The highest BCUT2D eigenvalue weighted by Gasteiger charge is 2.98. The number of alkyl halides is 40. The molecule has 2 N–H and O–H groups in total. The molecule has 0 saturated carbocycles. The third kappa shape index (κ3) is 11.3. The van der Waals surface area contributed by atoms with Crippen LogP contribution in [0.25, 0.3) is 0 Å². The molecule has 10 nitrogen and oxygen atoms in total. The van der Waals surface area contributed by atoms with Gasteiger partial charge in [-0.05, 0) is 12.8 Å². The minimum absolute atomic E-state index is 1.13. The second kappa shape index (κ2) is 20.3. The van der Waals surface area contributed by atoms with E-state index in [1.165, 1.54) is 0 Å². The number of halogens is 40. The van der Waals surface area contributed by atoms with Crippen molar-refractivity contribution in [3.05, 3.63) is 0 Å². The monoisotopic (exact) mass is 1330 g/mol.